The molecule has 6 heteroatoms. The van der Waals surface area contributed by atoms with E-state index in [0.717, 1.165) is 18.4 Å². The fourth-order valence-electron chi connectivity index (χ4n) is 2.46. The molecule has 1 N–H and O–H groups in total. The van der Waals surface area contributed by atoms with Gasteiger partial charge in [0.05, 0.1) is 18.1 Å². The number of hydrogen-bond donors (Lipinski definition) is 1. The van der Waals surface area contributed by atoms with E-state index in [-0.39, 0.29) is 22.8 Å². The number of sulfone groups is 1. The zero-order valence-electron chi connectivity index (χ0n) is 11.7. The van der Waals surface area contributed by atoms with Crippen LogP contribution >= 0.6 is 0 Å². The second-order valence-electron chi connectivity index (χ2n) is 5.16. The molecule has 2 rings (SSSR count). The van der Waals surface area contributed by atoms with Crippen molar-refractivity contribution in [3.63, 3.8) is 0 Å². The van der Waals surface area contributed by atoms with Crippen LogP contribution in [-0.2, 0) is 9.84 Å². The number of rotatable bonds is 5. The van der Waals surface area contributed by atoms with Crippen molar-refractivity contribution in [2.24, 2.45) is 0 Å². The molecule has 1 aliphatic heterocycles. The van der Waals surface area contributed by atoms with Crippen molar-refractivity contribution in [3.05, 3.63) is 29.6 Å². The summed E-state index contributed by atoms with van der Waals surface area (Å²) in [5.41, 5.74) is 0.874. The van der Waals surface area contributed by atoms with Crippen molar-refractivity contribution in [2.45, 2.75) is 31.1 Å². The quantitative estimate of drug-likeness (QED) is 0.904. The Balaban J connectivity index is 2.00. The molecule has 0 spiro atoms. The fourth-order valence-corrected chi connectivity index (χ4v) is 4.24. The van der Waals surface area contributed by atoms with E-state index in [0.29, 0.717) is 6.54 Å². The minimum atomic E-state index is -2.93. The van der Waals surface area contributed by atoms with Crippen LogP contribution in [0.2, 0.25) is 0 Å². The van der Waals surface area contributed by atoms with E-state index in [4.69, 9.17) is 4.74 Å². The minimum Gasteiger partial charge on any atom is -0.494 e. The SMILES string of the molecule is COc1cc(C(C)NCC2CCCS2(=O)=O)ccc1F. The smallest absolute Gasteiger partial charge is 0.165 e. The first kappa shape index (κ1) is 15.3. The third-order valence-electron chi connectivity index (χ3n) is 3.79. The van der Waals surface area contributed by atoms with E-state index in [9.17, 15) is 12.8 Å². The number of benzene rings is 1. The average molecular weight is 301 g/mol. The molecule has 0 bridgehead atoms. The van der Waals surface area contributed by atoms with Crippen molar-refractivity contribution in [2.75, 3.05) is 19.4 Å². The average Bonchev–Trinajstić information content (AvgIpc) is 2.75. The first-order valence-corrected chi connectivity index (χ1v) is 8.44. The predicted octanol–water partition coefficient (Wildman–Crippen LogP) is 2.06. The molecule has 0 aliphatic carbocycles. The third kappa shape index (κ3) is 3.30. The van der Waals surface area contributed by atoms with E-state index in [1.807, 2.05) is 6.92 Å². The van der Waals surface area contributed by atoms with E-state index >= 15 is 0 Å². The Labute approximate surface area is 119 Å². The van der Waals surface area contributed by atoms with Crippen LogP contribution in [0.25, 0.3) is 0 Å². The molecule has 0 aromatic heterocycles. The maximum Gasteiger partial charge on any atom is 0.165 e. The molecule has 1 fully saturated rings. The number of hydrogen-bond acceptors (Lipinski definition) is 4. The van der Waals surface area contributed by atoms with Gasteiger partial charge in [-0.15, -0.1) is 0 Å². The highest BCUT2D eigenvalue weighted by Crippen LogP contribution is 2.24. The summed E-state index contributed by atoms with van der Waals surface area (Å²) in [5.74, 6) is 0.0874. The molecule has 0 amide bonds. The van der Waals surface area contributed by atoms with Crippen LogP contribution in [0, 0.1) is 5.82 Å². The van der Waals surface area contributed by atoms with Gasteiger partial charge in [0.15, 0.2) is 21.4 Å². The van der Waals surface area contributed by atoms with Crippen LogP contribution in [0.4, 0.5) is 4.39 Å². The highest BCUT2D eigenvalue weighted by molar-refractivity contribution is 7.92. The standard InChI is InChI=1S/C14H20FNO3S/c1-10(11-5-6-13(15)14(8-11)19-2)16-9-12-4-3-7-20(12,17)18/h5-6,8,10,12,16H,3-4,7,9H2,1-2H3. The van der Waals surface area contributed by atoms with Crippen LogP contribution in [0.1, 0.15) is 31.4 Å². The largest absolute Gasteiger partial charge is 0.494 e. The molecule has 1 aliphatic rings. The zero-order valence-corrected chi connectivity index (χ0v) is 12.5. The van der Waals surface area contributed by atoms with Gasteiger partial charge < -0.3 is 10.1 Å². The van der Waals surface area contributed by atoms with E-state index in [1.54, 1.807) is 12.1 Å². The maximum atomic E-state index is 13.3. The summed E-state index contributed by atoms with van der Waals surface area (Å²) in [6.07, 6.45) is 1.46. The van der Waals surface area contributed by atoms with Gasteiger partial charge in [-0.25, -0.2) is 12.8 Å². The summed E-state index contributed by atoms with van der Waals surface area (Å²) in [7, 11) is -1.51. The normalized spacial score (nSPS) is 22.6. The molecule has 0 radical (unpaired) electrons. The van der Waals surface area contributed by atoms with Crippen molar-refractivity contribution in [1.29, 1.82) is 0 Å². The van der Waals surface area contributed by atoms with Crippen LogP contribution < -0.4 is 10.1 Å². The third-order valence-corrected chi connectivity index (χ3v) is 6.07. The lowest BCUT2D eigenvalue weighted by molar-refractivity contribution is 0.385. The Bertz CT molecular complexity index is 574. The number of nitrogens with one attached hydrogen (secondary N) is 1. The number of halogens is 1. The van der Waals surface area contributed by atoms with Gasteiger partial charge in [-0.05, 0) is 37.5 Å². The summed E-state index contributed by atoms with van der Waals surface area (Å²) >= 11 is 0. The van der Waals surface area contributed by atoms with Crippen molar-refractivity contribution >= 4 is 9.84 Å². The van der Waals surface area contributed by atoms with E-state index < -0.39 is 15.7 Å². The van der Waals surface area contributed by atoms with Gasteiger partial charge in [-0.2, -0.15) is 0 Å². The fraction of sp³-hybridized carbons (Fsp3) is 0.571. The maximum absolute atomic E-state index is 13.3. The van der Waals surface area contributed by atoms with Crippen LogP contribution in [0.3, 0.4) is 0 Å². The summed E-state index contributed by atoms with van der Waals surface area (Å²) in [4.78, 5) is 0. The van der Waals surface area contributed by atoms with Crippen molar-refractivity contribution in [1.82, 2.24) is 5.32 Å². The zero-order chi connectivity index (χ0) is 14.8. The lowest BCUT2D eigenvalue weighted by Gasteiger charge is -2.18. The van der Waals surface area contributed by atoms with Crippen LogP contribution in [0.5, 0.6) is 5.75 Å². The predicted molar refractivity (Wildman–Crippen MR) is 76.2 cm³/mol. The van der Waals surface area contributed by atoms with Gasteiger partial charge in [0.25, 0.3) is 0 Å². The number of methoxy groups -OCH3 is 1. The van der Waals surface area contributed by atoms with Crippen LogP contribution in [-0.4, -0.2) is 33.1 Å². The van der Waals surface area contributed by atoms with E-state index in [2.05, 4.69) is 5.32 Å². The summed E-state index contributed by atoms with van der Waals surface area (Å²) in [6.45, 7) is 2.36. The molecule has 20 heavy (non-hydrogen) atoms. The molecule has 2 unspecified atom stereocenters. The van der Waals surface area contributed by atoms with Crippen LogP contribution in [0.15, 0.2) is 18.2 Å². The summed E-state index contributed by atoms with van der Waals surface area (Å²) in [6, 6.07) is 4.62. The van der Waals surface area contributed by atoms with Gasteiger partial charge in [0, 0.05) is 12.6 Å². The topological polar surface area (TPSA) is 55.4 Å². The molecule has 4 nitrogen and oxygen atoms in total. The first-order valence-electron chi connectivity index (χ1n) is 6.72. The Morgan fingerprint density at radius 1 is 1.50 bits per heavy atom. The van der Waals surface area contributed by atoms with Gasteiger partial charge in [0.1, 0.15) is 0 Å². The molecule has 1 aromatic carbocycles. The van der Waals surface area contributed by atoms with Crippen molar-refractivity contribution < 1.29 is 17.5 Å². The molecular formula is C14H20FNO3S. The monoisotopic (exact) mass is 301 g/mol. The second-order valence-corrected chi connectivity index (χ2v) is 7.56. The first-order chi connectivity index (χ1) is 9.44. The number of ether oxygens (including phenoxy) is 1. The van der Waals surface area contributed by atoms with Gasteiger partial charge in [-0.1, -0.05) is 6.07 Å². The Morgan fingerprint density at radius 2 is 2.25 bits per heavy atom. The highest BCUT2D eigenvalue weighted by atomic mass is 32.2. The molecular weight excluding hydrogens is 281 g/mol. The Kier molecular flexibility index (Phi) is 4.65. The second kappa shape index (κ2) is 6.10. The molecule has 2 atom stereocenters. The Morgan fingerprint density at radius 3 is 2.85 bits per heavy atom. The molecule has 1 heterocycles. The summed E-state index contributed by atoms with van der Waals surface area (Å²) in [5, 5.41) is 2.91. The lowest BCUT2D eigenvalue weighted by atomic mass is 10.1. The van der Waals surface area contributed by atoms with Crippen molar-refractivity contribution in [3.8, 4) is 5.75 Å². The van der Waals surface area contributed by atoms with Gasteiger partial charge >= 0.3 is 0 Å². The minimum absolute atomic E-state index is 0.0553. The molecule has 0 saturated carbocycles. The highest BCUT2D eigenvalue weighted by Gasteiger charge is 2.31. The molecule has 1 saturated heterocycles. The van der Waals surface area contributed by atoms with Gasteiger partial charge in [-0.3, -0.25) is 0 Å². The Hall–Kier alpha value is -1.14. The molecule has 112 valence electrons. The summed E-state index contributed by atoms with van der Waals surface area (Å²) < 4.78 is 41.8. The molecule has 1 aromatic rings. The lowest BCUT2D eigenvalue weighted by Crippen LogP contribution is -2.32. The van der Waals surface area contributed by atoms with Gasteiger partial charge in [0.2, 0.25) is 0 Å². The van der Waals surface area contributed by atoms with E-state index in [1.165, 1.54) is 13.2 Å².